The largest absolute Gasteiger partial charge is 0.377 e. The summed E-state index contributed by atoms with van der Waals surface area (Å²) in [6, 6.07) is 7.28. The molecule has 21 heavy (non-hydrogen) atoms. The third kappa shape index (κ3) is 4.27. The Hall–Kier alpha value is -0.930. The summed E-state index contributed by atoms with van der Waals surface area (Å²) in [7, 11) is 0. The summed E-state index contributed by atoms with van der Waals surface area (Å²) >= 11 is 0. The molecule has 1 aliphatic carbocycles. The maximum absolute atomic E-state index is 12.8. The zero-order valence-corrected chi connectivity index (χ0v) is 13.7. The molecular formula is C18H28FNO. The number of rotatable bonds is 7. The lowest BCUT2D eigenvalue weighted by Gasteiger charge is -2.52. The number of hydrogen-bond acceptors (Lipinski definition) is 2. The van der Waals surface area contributed by atoms with Gasteiger partial charge in [0.05, 0.1) is 6.10 Å². The zero-order valence-electron chi connectivity index (χ0n) is 13.7. The molecule has 1 N–H and O–H groups in total. The van der Waals surface area contributed by atoms with E-state index in [4.69, 9.17) is 4.74 Å². The van der Waals surface area contributed by atoms with Crippen LogP contribution >= 0.6 is 0 Å². The second-order valence-electron chi connectivity index (χ2n) is 7.16. The smallest absolute Gasteiger partial charge is 0.123 e. The molecule has 0 bridgehead atoms. The normalized spacial score (nSPS) is 24.1. The van der Waals surface area contributed by atoms with Crippen molar-refractivity contribution in [2.45, 2.75) is 52.7 Å². The van der Waals surface area contributed by atoms with E-state index in [0.717, 1.165) is 26.0 Å². The van der Waals surface area contributed by atoms with E-state index >= 15 is 0 Å². The van der Waals surface area contributed by atoms with E-state index in [1.54, 1.807) is 0 Å². The van der Waals surface area contributed by atoms with Crippen LogP contribution in [0.2, 0.25) is 0 Å². The highest BCUT2D eigenvalue weighted by Crippen LogP contribution is 2.42. The molecule has 0 heterocycles. The van der Waals surface area contributed by atoms with Gasteiger partial charge in [-0.2, -0.15) is 0 Å². The van der Waals surface area contributed by atoms with Gasteiger partial charge in [-0.25, -0.2) is 4.39 Å². The third-order valence-electron chi connectivity index (χ3n) is 4.53. The van der Waals surface area contributed by atoms with Gasteiger partial charge in [0.25, 0.3) is 0 Å². The van der Waals surface area contributed by atoms with E-state index in [1.807, 2.05) is 12.1 Å². The number of benzene rings is 1. The summed E-state index contributed by atoms with van der Waals surface area (Å²) in [6.45, 7) is 10.7. The lowest BCUT2D eigenvalue weighted by molar-refractivity contribution is -0.123. The molecule has 2 unspecified atom stereocenters. The lowest BCUT2D eigenvalue weighted by Crippen LogP contribution is -2.61. The van der Waals surface area contributed by atoms with Crippen LogP contribution in [0, 0.1) is 17.2 Å². The molecule has 0 amide bonds. The molecule has 0 spiro atoms. The summed E-state index contributed by atoms with van der Waals surface area (Å²) in [5.41, 5.74) is 1.37. The molecule has 1 saturated carbocycles. The SMILES string of the molecule is CC(C)COC1CC(NCCc2ccc(F)cc2)C1(C)C. The van der Waals surface area contributed by atoms with Crippen molar-refractivity contribution in [1.82, 2.24) is 5.32 Å². The van der Waals surface area contributed by atoms with Crippen LogP contribution in [0.4, 0.5) is 4.39 Å². The van der Waals surface area contributed by atoms with Gasteiger partial charge < -0.3 is 10.1 Å². The Morgan fingerprint density at radius 1 is 1.29 bits per heavy atom. The molecule has 2 rings (SSSR count). The number of halogens is 1. The van der Waals surface area contributed by atoms with Crippen molar-refractivity contribution in [3.05, 3.63) is 35.6 Å². The van der Waals surface area contributed by atoms with Gasteiger partial charge in [0.15, 0.2) is 0 Å². The fourth-order valence-corrected chi connectivity index (χ4v) is 2.87. The quantitative estimate of drug-likeness (QED) is 0.825. The van der Waals surface area contributed by atoms with Gasteiger partial charge in [-0.15, -0.1) is 0 Å². The molecule has 1 aliphatic rings. The Balaban J connectivity index is 1.71. The van der Waals surface area contributed by atoms with Crippen LogP contribution < -0.4 is 5.32 Å². The van der Waals surface area contributed by atoms with Crippen LogP contribution in [-0.2, 0) is 11.2 Å². The second-order valence-corrected chi connectivity index (χ2v) is 7.16. The van der Waals surface area contributed by atoms with Crippen molar-refractivity contribution in [3.8, 4) is 0 Å². The first kappa shape index (κ1) is 16.4. The molecule has 0 aliphatic heterocycles. The van der Waals surface area contributed by atoms with Gasteiger partial charge >= 0.3 is 0 Å². The summed E-state index contributed by atoms with van der Waals surface area (Å²) in [5, 5.41) is 3.62. The minimum atomic E-state index is -0.169. The number of nitrogens with one attached hydrogen (secondary N) is 1. The molecule has 0 saturated heterocycles. The molecular weight excluding hydrogens is 265 g/mol. The van der Waals surface area contributed by atoms with E-state index in [9.17, 15) is 4.39 Å². The highest BCUT2D eigenvalue weighted by atomic mass is 19.1. The first-order valence-corrected chi connectivity index (χ1v) is 7.99. The maximum atomic E-state index is 12.8. The third-order valence-corrected chi connectivity index (χ3v) is 4.53. The number of ether oxygens (including phenoxy) is 1. The van der Waals surface area contributed by atoms with Crippen molar-refractivity contribution in [3.63, 3.8) is 0 Å². The molecule has 2 nitrogen and oxygen atoms in total. The molecule has 1 aromatic rings. The average Bonchev–Trinajstić information content (AvgIpc) is 2.42. The summed E-state index contributed by atoms with van der Waals surface area (Å²) in [5.74, 6) is 0.420. The van der Waals surface area contributed by atoms with E-state index in [-0.39, 0.29) is 11.2 Å². The van der Waals surface area contributed by atoms with Crippen molar-refractivity contribution >= 4 is 0 Å². The van der Waals surface area contributed by atoms with Crippen LogP contribution in [0.25, 0.3) is 0 Å². The minimum Gasteiger partial charge on any atom is -0.377 e. The molecule has 118 valence electrons. The van der Waals surface area contributed by atoms with Crippen LogP contribution in [0.1, 0.15) is 39.7 Å². The second kappa shape index (κ2) is 6.89. The van der Waals surface area contributed by atoms with Gasteiger partial charge in [0.2, 0.25) is 0 Å². The van der Waals surface area contributed by atoms with E-state index in [1.165, 1.54) is 17.7 Å². The number of hydrogen-bond donors (Lipinski definition) is 1. The molecule has 1 aromatic carbocycles. The fourth-order valence-electron chi connectivity index (χ4n) is 2.87. The summed E-state index contributed by atoms with van der Waals surface area (Å²) in [4.78, 5) is 0. The monoisotopic (exact) mass is 293 g/mol. The molecule has 1 fully saturated rings. The lowest BCUT2D eigenvalue weighted by atomic mass is 9.64. The average molecular weight is 293 g/mol. The Kier molecular flexibility index (Phi) is 5.39. The predicted octanol–water partition coefficient (Wildman–Crippen LogP) is 3.80. The molecule has 3 heteroatoms. The van der Waals surface area contributed by atoms with Crippen molar-refractivity contribution in [1.29, 1.82) is 0 Å². The Morgan fingerprint density at radius 3 is 2.52 bits per heavy atom. The molecule has 0 aromatic heterocycles. The Bertz CT molecular complexity index is 441. The highest BCUT2D eigenvalue weighted by Gasteiger charge is 2.48. The van der Waals surface area contributed by atoms with Gasteiger partial charge in [-0.1, -0.05) is 39.8 Å². The van der Waals surface area contributed by atoms with Gasteiger partial charge in [-0.05, 0) is 43.0 Å². The standard InChI is InChI=1S/C18H28FNO/c1-13(2)12-21-17-11-16(18(17,3)4)20-10-9-14-5-7-15(19)8-6-14/h5-8,13,16-17,20H,9-12H2,1-4H3. The van der Waals surface area contributed by atoms with E-state index in [2.05, 4.69) is 33.0 Å². The van der Waals surface area contributed by atoms with Gasteiger partial charge in [0, 0.05) is 18.1 Å². The zero-order chi connectivity index (χ0) is 15.5. The van der Waals surface area contributed by atoms with E-state index in [0.29, 0.717) is 18.1 Å². The van der Waals surface area contributed by atoms with E-state index < -0.39 is 0 Å². The molecule has 0 radical (unpaired) electrons. The van der Waals surface area contributed by atoms with Gasteiger partial charge in [0.1, 0.15) is 5.82 Å². The summed E-state index contributed by atoms with van der Waals surface area (Å²) in [6.07, 6.45) is 2.39. The Labute approximate surface area is 128 Å². The van der Waals surface area contributed by atoms with Crippen LogP contribution in [0.15, 0.2) is 24.3 Å². The fraction of sp³-hybridized carbons (Fsp3) is 0.667. The van der Waals surface area contributed by atoms with Crippen molar-refractivity contribution in [2.24, 2.45) is 11.3 Å². The highest BCUT2D eigenvalue weighted by molar-refractivity contribution is 5.16. The maximum Gasteiger partial charge on any atom is 0.123 e. The molecule has 2 atom stereocenters. The topological polar surface area (TPSA) is 21.3 Å². The van der Waals surface area contributed by atoms with Crippen molar-refractivity contribution in [2.75, 3.05) is 13.2 Å². The minimum absolute atomic E-state index is 0.169. The van der Waals surface area contributed by atoms with Crippen molar-refractivity contribution < 1.29 is 9.13 Å². The van der Waals surface area contributed by atoms with Crippen LogP contribution in [0.3, 0.4) is 0 Å². The van der Waals surface area contributed by atoms with Crippen LogP contribution in [-0.4, -0.2) is 25.3 Å². The Morgan fingerprint density at radius 2 is 1.95 bits per heavy atom. The first-order valence-electron chi connectivity index (χ1n) is 7.99. The predicted molar refractivity (Wildman–Crippen MR) is 84.9 cm³/mol. The van der Waals surface area contributed by atoms with Gasteiger partial charge in [-0.3, -0.25) is 0 Å². The van der Waals surface area contributed by atoms with Crippen LogP contribution in [0.5, 0.6) is 0 Å². The summed E-state index contributed by atoms with van der Waals surface area (Å²) < 4.78 is 18.8. The first-order chi connectivity index (χ1) is 9.89.